The van der Waals surface area contributed by atoms with Crippen molar-refractivity contribution in [1.29, 1.82) is 0 Å². The summed E-state index contributed by atoms with van der Waals surface area (Å²) in [6.45, 7) is 0. The second-order valence-electron chi connectivity index (χ2n) is 1.46. The molecule has 0 aliphatic rings. The fourth-order valence-electron chi connectivity index (χ4n) is 0. The monoisotopic (exact) mass is 754 g/mol. The van der Waals surface area contributed by atoms with Crippen molar-refractivity contribution in [2.24, 2.45) is 0 Å². The van der Waals surface area contributed by atoms with E-state index < -0.39 is 55.3 Å². The summed E-state index contributed by atoms with van der Waals surface area (Å²) in [6, 6.07) is 0. The van der Waals surface area contributed by atoms with Gasteiger partial charge in [-0.3, -0.25) is 0 Å². The molecule has 0 fully saturated rings. The van der Waals surface area contributed by atoms with Crippen molar-refractivity contribution in [3.8, 4) is 0 Å². The van der Waals surface area contributed by atoms with E-state index in [0.29, 0.717) is 0 Å². The Labute approximate surface area is 151 Å². The van der Waals surface area contributed by atoms with Gasteiger partial charge in [-0.1, -0.05) is 0 Å². The van der Waals surface area contributed by atoms with Gasteiger partial charge in [0.2, 0.25) is 0 Å². The van der Waals surface area contributed by atoms with Crippen LogP contribution in [-0.2, 0) is 110 Å². The predicted octanol–water partition coefficient (Wildman–Crippen LogP) is -8.21. The van der Waals surface area contributed by atoms with Crippen LogP contribution >= 0.6 is 0 Å². The van der Waals surface area contributed by atoms with E-state index in [0.717, 1.165) is 0 Å². The van der Waals surface area contributed by atoms with Crippen molar-refractivity contribution in [2.45, 2.75) is 0 Å². The van der Waals surface area contributed by atoms with Crippen LogP contribution in [0, 0.1) is 10.1 Å². The van der Waals surface area contributed by atoms with Crippen molar-refractivity contribution < 1.29 is 142 Å². The normalized spacial score (nSPS) is 9.43. The molecule has 16 nitrogen and oxygen atoms in total. The molecule has 21 heavy (non-hydrogen) atoms. The third-order valence-corrected chi connectivity index (χ3v) is 0. The first-order chi connectivity index (χ1) is 7.73. The summed E-state index contributed by atoms with van der Waals surface area (Å²) in [5.41, 5.74) is 0. The molecule has 1 N–H and O–H groups in total. The number of hydrogen-bond acceptors (Lipinski definition) is 14. The summed E-state index contributed by atoms with van der Waals surface area (Å²) in [5.74, 6) is 0. The molecule has 0 bridgehead atoms. The average molecular weight is 749 g/mol. The van der Waals surface area contributed by atoms with Crippen LogP contribution in [0.25, 0.3) is 0 Å². The molecule has 0 radical (unpaired) electrons. The van der Waals surface area contributed by atoms with Crippen LogP contribution in [0.5, 0.6) is 0 Å². The number of rotatable bonds is 0. The van der Waals surface area contributed by atoms with E-state index in [1.54, 1.807) is 0 Å². The van der Waals surface area contributed by atoms with Gasteiger partial charge in [-0.05, 0) is 0 Å². The topological polar surface area (TPSA) is 304 Å². The standard InChI is InChI=1S/3Mo.HNO3.12O.2Rh/c;;;2-1(3)4;;;;;;;;;;;;;;/h;;;(H,2,3,4);;;;;;;;;;;;;;/q;;;;;;;;;;6*-1;2*+3. The summed E-state index contributed by atoms with van der Waals surface area (Å²) in [5, 5.41) is 13.6. The van der Waals surface area contributed by atoms with Gasteiger partial charge in [0.1, 0.15) is 0 Å². The average Bonchev–Trinajstić information content (AvgIpc) is 1.66. The van der Waals surface area contributed by atoms with Crippen molar-refractivity contribution >= 4 is 0 Å². The minimum atomic E-state index is -6.02. The van der Waals surface area contributed by atoms with Gasteiger partial charge >= 0.3 is 132 Å². The van der Waals surface area contributed by atoms with E-state index in [2.05, 4.69) is 0 Å². The number of nitrogens with zero attached hydrogens (tertiary/aromatic N) is 1. The van der Waals surface area contributed by atoms with E-state index >= 15 is 0 Å². The van der Waals surface area contributed by atoms with E-state index in [4.69, 9.17) is 58.3 Å². The molecule has 0 atom stereocenters. The van der Waals surface area contributed by atoms with Crippen LogP contribution in [0.4, 0.5) is 0 Å². The van der Waals surface area contributed by atoms with Crippen LogP contribution in [0.3, 0.4) is 0 Å². The van der Waals surface area contributed by atoms with Crippen LogP contribution in [0.1, 0.15) is 0 Å². The molecule has 0 saturated carbocycles. The Morgan fingerprint density at radius 2 is 0.619 bits per heavy atom. The van der Waals surface area contributed by atoms with E-state index in [-0.39, 0.29) is 39.0 Å². The maximum Gasteiger partial charge on any atom is 3.00 e. The molecular weight excluding hydrogens is 748 g/mol. The summed E-state index contributed by atoms with van der Waals surface area (Å²) < 4.78 is 104. The first-order valence-electron chi connectivity index (χ1n) is 2.57. The quantitative estimate of drug-likeness (QED) is 0.137. The molecule has 0 aromatic heterocycles. The minimum absolute atomic E-state index is 0. The molecule has 132 valence electrons. The predicted molar refractivity (Wildman–Crippen MR) is 12.9 cm³/mol. The molecular formula is HMo3NO15Rh2. The molecule has 21 heteroatoms. The van der Waals surface area contributed by atoms with E-state index in [1.807, 2.05) is 0 Å². The zero-order valence-corrected chi connectivity index (χ0v) is 17.8. The zero-order chi connectivity index (χ0) is 17.1. The van der Waals surface area contributed by atoms with E-state index in [1.165, 1.54) is 0 Å². The van der Waals surface area contributed by atoms with Gasteiger partial charge in [-0.15, -0.1) is 10.1 Å². The van der Waals surface area contributed by atoms with Crippen molar-refractivity contribution in [3.05, 3.63) is 10.1 Å². The Kier molecular flexibility index (Phi) is 31.5. The van der Waals surface area contributed by atoms with Crippen molar-refractivity contribution in [2.75, 3.05) is 0 Å². The molecule has 0 aromatic carbocycles. The maximum absolute atomic E-state index is 8.63. The molecule has 0 aliphatic carbocycles. The van der Waals surface area contributed by atoms with Gasteiger partial charge in [0.15, 0.2) is 0 Å². The van der Waals surface area contributed by atoms with E-state index in [9.17, 15) is 0 Å². The second-order valence-corrected chi connectivity index (χ2v) is 7.48. The summed E-state index contributed by atoms with van der Waals surface area (Å²) >= 11 is -18.1. The fourth-order valence-corrected chi connectivity index (χ4v) is 0. The first-order valence-corrected chi connectivity index (χ1v) is 12.4. The summed E-state index contributed by atoms with van der Waals surface area (Å²) in [6.07, 6.45) is 0. The van der Waals surface area contributed by atoms with Crippen LogP contribution in [0.2, 0.25) is 0 Å². The molecule has 0 spiro atoms. The summed E-state index contributed by atoms with van der Waals surface area (Å²) in [7, 11) is 0. The SMILES string of the molecule is O=[N+]([O-])O.[O]=[Mo](=[O])([O-])[O-].[O]=[Mo](=[O])([O-])[O-].[O]=[Mo](=[O])([O-])[O-].[Rh+3].[Rh+3]. The van der Waals surface area contributed by atoms with Gasteiger partial charge < -0.3 is 5.21 Å². The largest absolute Gasteiger partial charge is 3.00 e. The Balaban J connectivity index is -0.0000000347. The summed E-state index contributed by atoms with van der Waals surface area (Å²) in [4.78, 5) is 8.36. The molecule has 0 aromatic rings. The van der Waals surface area contributed by atoms with Crippen LogP contribution in [0.15, 0.2) is 0 Å². The Morgan fingerprint density at radius 3 is 0.619 bits per heavy atom. The Morgan fingerprint density at radius 1 is 0.619 bits per heavy atom. The van der Waals surface area contributed by atoms with Crippen LogP contribution in [-0.4, -0.2) is 10.3 Å². The molecule has 0 rings (SSSR count). The molecule has 0 aliphatic heterocycles. The Bertz CT molecular complexity index is 424. The van der Waals surface area contributed by atoms with Gasteiger partial charge in [-0.25, -0.2) is 0 Å². The maximum atomic E-state index is 8.63. The van der Waals surface area contributed by atoms with Crippen LogP contribution < -0.4 is 22.6 Å². The minimum Gasteiger partial charge on any atom is 3.00 e. The first kappa shape index (κ1) is 37.9. The fraction of sp³-hybridized carbons (Fsp3) is 0. The molecule has 0 amide bonds. The Hall–Kier alpha value is 1.07. The molecule has 0 heterocycles. The smallest absolute Gasteiger partial charge is 3.00 e. The van der Waals surface area contributed by atoms with Gasteiger partial charge in [0, 0.05) is 0 Å². The second kappa shape index (κ2) is 17.4. The van der Waals surface area contributed by atoms with Gasteiger partial charge in [0.25, 0.3) is 5.09 Å². The van der Waals surface area contributed by atoms with Crippen molar-refractivity contribution in [1.82, 2.24) is 0 Å². The third kappa shape index (κ3) is 6670. The third-order valence-electron chi connectivity index (χ3n) is 0. The van der Waals surface area contributed by atoms with Gasteiger partial charge in [-0.2, -0.15) is 0 Å². The van der Waals surface area contributed by atoms with Gasteiger partial charge in [0.05, 0.1) is 0 Å². The zero-order valence-electron chi connectivity index (χ0n) is 8.50. The van der Waals surface area contributed by atoms with Crippen molar-refractivity contribution in [3.63, 3.8) is 0 Å². The molecule has 0 unspecified atom stereocenters. The number of hydrogen-bond donors (Lipinski definition) is 1. The molecule has 0 saturated heterocycles.